The fourth-order valence-electron chi connectivity index (χ4n) is 2.27. The summed E-state index contributed by atoms with van der Waals surface area (Å²) in [5.41, 5.74) is 0.573. The predicted molar refractivity (Wildman–Crippen MR) is 53.4 cm³/mol. The molecule has 1 saturated carbocycles. The summed E-state index contributed by atoms with van der Waals surface area (Å²) in [6.45, 7) is 2.15. The summed E-state index contributed by atoms with van der Waals surface area (Å²) >= 11 is 0. The Morgan fingerprint density at radius 2 is 2.08 bits per heavy atom. The molecule has 2 atom stereocenters. The van der Waals surface area contributed by atoms with Crippen molar-refractivity contribution in [3.05, 3.63) is 35.9 Å². The standard InChI is InChI=1S/C12H16O/c1-2-10-8-9-12(10,13)11-6-4-3-5-7-11/h3-7,10,13H,2,8-9H2,1H3/t10-,12+/m0/s1. The lowest BCUT2D eigenvalue weighted by atomic mass is 9.65. The number of hydrogen-bond donors (Lipinski definition) is 1. The Hall–Kier alpha value is -0.820. The van der Waals surface area contributed by atoms with Crippen LogP contribution in [-0.2, 0) is 5.60 Å². The molecule has 1 nitrogen and oxygen atoms in total. The van der Waals surface area contributed by atoms with Crippen LogP contribution in [0.15, 0.2) is 30.3 Å². The van der Waals surface area contributed by atoms with E-state index < -0.39 is 5.60 Å². The van der Waals surface area contributed by atoms with Crippen LogP contribution in [0, 0.1) is 5.92 Å². The summed E-state index contributed by atoms with van der Waals surface area (Å²) in [5, 5.41) is 10.3. The minimum atomic E-state index is -0.518. The lowest BCUT2D eigenvalue weighted by Crippen LogP contribution is -2.43. The second kappa shape index (κ2) is 3.15. The zero-order chi connectivity index (χ0) is 9.31. The van der Waals surface area contributed by atoms with Gasteiger partial charge in [-0.1, -0.05) is 43.7 Å². The Balaban J connectivity index is 2.26. The molecule has 1 aromatic rings. The molecule has 1 aliphatic rings. The largest absolute Gasteiger partial charge is 0.385 e. The molecule has 0 saturated heterocycles. The second-order valence-electron chi connectivity index (χ2n) is 3.93. The zero-order valence-corrected chi connectivity index (χ0v) is 8.03. The van der Waals surface area contributed by atoms with E-state index in [0.717, 1.165) is 18.4 Å². The molecule has 70 valence electrons. The first-order valence-electron chi connectivity index (χ1n) is 5.05. The van der Waals surface area contributed by atoms with Crippen molar-refractivity contribution in [1.82, 2.24) is 0 Å². The topological polar surface area (TPSA) is 20.2 Å². The van der Waals surface area contributed by atoms with Crippen molar-refractivity contribution in [2.45, 2.75) is 31.8 Å². The van der Waals surface area contributed by atoms with Gasteiger partial charge in [0.25, 0.3) is 0 Å². The van der Waals surface area contributed by atoms with E-state index in [0.29, 0.717) is 5.92 Å². The molecule has 2 rings (SSSR count). The third kappa shape index (κ3) is 1.28. The molecule has 1 heteroatoms. The van der Waals surface area contributed by atoms with Crippen molar-refractivity contribution in [3.63, 3.8) is 0 Å². The first-order valence-corrected chi connectivity index (χ1v) is 5.05. The molecule has 0 unspecified atom stereocenters. The molecule has 1 aliphatic carbocycles. The zero-order valence-electron chi connectivity index (χ0n) is 8.03. The van der Waals surface area contributed by atoms with Crippen LogP contribution in [-0.4, -0.2) is 5.11 Å². The number of aliphatic hydroxyl groups is 1. The Morgan fingerprint density at radius 1 is 1.38 bits per heavy atom. The first kappa shape index (κ1) is 8.76. The van der Waals surface area contributed by atoms with Crippen molar-refractivity contribution in [2.24, 2.45) is 5.92 Å². The van der Waals surface area contributed by atoms with Crippen molar-refractivity contribution in [2.75, 3.05) is 0 Å². The molecule has 0 amide bonds. The highest BCUT2D eigenvalue weighted by atomic mass is 16.3. The first-order chi connectivity index (χ1) is 6.27. The summed E-state index contributed by atoms with van der Waals surface area (Å²) in [4.78, 5) is 0. The van der Waals surface area contributed by atoms with Gasteiger partial charge in [0.2, 0.25) is 0 Å². The second-order valence-corrected chi connectivity index (χ2v) is 3.93. The highest BCUT2D eigenvalue weighted by Crippen LogP contribution is 2.47. The van der Waals surface area contributed by atoms with Crippen molar-refractivity contribution in [3.8, 4) is 0 Å². The van der Waals surface area contributed by atoms with Gasteiger partial charge in [-0.15, -0.1) is 0 Å². The fourth-order valence-corrected chi connectivity index (χ4v) is 2.27. The number of rotatable bonds is 2. The van der Waals surface area contributed by atoms with Gasteiger partial charge in [-0.05, 0) is 24.3 Å². The van der Waals surface area contributed by atoms with Crippen LogP contribution < -0.4 is 0 Å². The maximum absolute atomic E-state index is 10.3. The molecule has 1 N–H and O–H groups in total. The van der Waals surface area contributed by atoms with Crippen LogP contribution in [0.1, 0.15) is 31.7 Å². The van der Waals surface area contributed by atoms with Crippen LogP contribution in [0.25, 0.3) is 0 Å². The van der Waals surface area contributed by atoms with Gasteiger partial charge < -0.3 is 5.11 Å². The minimum Gasteiger partial charge on any atom is -0.385 e. The molecule has 1 aromatic carbocycles. The molecule has 1 fully saturated rings. The molecule has 13 heavy (non-hydrogen) atoms. The van der Waals surface area contributed by atoms with Crippen LogP contribution in [0.5, 0.6) is 0 Å². The Morgan fingerprint density at radius 3 is 2.54 bits per heavy atom. The van der Waals surface area contributed by atoms with Crippen molar-refractivity contribution in [1.29, 1.82) is 0 Å². The molecular weight excluding hydrogens is 160 g/mol. The van der Waals surface area contributed by atoms with E-state index in [1.807, 2.05) is 30.3 Å². The monoisotopic (exact) mass is 176 g/mol. The van der Waals surface area contributed by atoms with E-state index in [1.165, 1.54) is 6.42 Å². The Kier molecular flexibility index (Phi) is 2.12. The highest BCUT2D eigenvalue weighted by molar-refractivity contribution is 5.25. The van der Waals surface area contributed by atoms with Gasteiger partial charge in [0.05, 0.1) is 5.60 Å². The molecule has 0 aliphatic heterocycles. The lowest BCUT2D eigenvalue weighted by molar-refractivity contribution is -0.103. The van der Waals surface area contributed by atoms with E-state index >= 15 is 0 Å². The SMILES string of the molecule is CC[C@H]1CC[C@]1(O)c1ccccc1. The average Bonchev–Trinajstić information content (AvgIpc) is 2.17. The Labute approximate surface area is 79.4 Å². The van der Waals surface area contributed by atoms with E-state index in [4.69, 9.17) is 0 Å². The summed E-state index contributed by atoms with van der Waals surface area (Å²) < 4.78 is 0. The summed E-state index contributed by atoms with van der Waals surface area (Å²) in [6, 6.07) is 10.0. The van der Waals surface area contributed by atoms with Gasteiger partial charge in [0.1, 0.15) is 0 Å². The lowest BCUT2D eigenvalue weighted by Gasteiger charge is -2.45. The van der Waals surface area contributed by atoms with Gasteiger partial charge in [-0.3, -0.25) is 0 Å². The van der Waals surface area contributed by atoms with E-state index in [2.05, 4.69) is 6.92 Å². The summed E-state index contributed by atoms with van der Waals surface area (Å²) in [7, 11) is 0. The molecular formula is C12H16O. The van der Waals surface area contributed by atoms with Gasteiger partial charge in [0, 0.05) is 0 Å². The third-order valence-electron chi connectivity index (χ3n) is 3.32. The van der Waals surface area contributed by atoms with Gasteiger partial charge in [-0.25, -0.2) is 0 Å². The molecule has 0 radical (unpaired) electrons. The maximum atomic E-state index is 10.3. The van der Waals surface area contributed by atoms with Crippen LogP contribution in [0.4, 0.5) is 0 Å². The maximum Gasteiger partial charge on any atom is 0.0924 e. The summed E-state index contributed by atoms with van der Waals surface area (Å²) in [6.07, 6.45) is 3.17. The van der Waals surface area contributed by atoms with E-state index in [1.54, 1.807) is 0 Å². The van der Waals surface area contributed by atoms with E-state index in [-0.39, 0.29) is 0 Å². The van der Waals surface area contributed by atoms with Gasteiger partial charge >= 0.3 is 0 Å². The normalized spacial score (nSPS) is 32.6. The van der Waals surface area contributed by atoms with E-state index in [9.17, 15) is 5.11 Å². The number of hydrogen-bond acceptors (Lipinski definition) is 1. The molecule has 0 heterocycles. The fraction of sp³-hybridized carbons (Fsp3) is 0.500. The molecule has 0 bridgehead atoms. The van der Waals surface area contributed by atoms with Crippen LogP contribution in [0.3, 0.4) is 0 Å². The minimum absolute atomic E-state index is 0.467. The highest BCUT2D eigenvalue weighted by Gasteiger charge is 2.44. The average molecular weight is 176 g/mol. The smallest absolute Gasteiger partial charge is 0.0924 e. The third-order valence-corrected chi connectivity index (χ3v) is 3.32. The van der Waals surface area contributed by atoms with Gasteiger partial charge in [0.15, 0.2) is 0 Å². The van der Waals surface area contributed by atoms with Gasteiger partial charge in [-0.2, -0.15) is 0 Å². The Bertz CT molecular complexity index is 278. The molecule has 0 spiro atoms. The predicted octanol–water partition coefficient (Wildman–Crippen LogP) is 2.69. The van der Waals surface area contributed by atoms with Crippen LogP contribution in [0.2, 0.25) is 0 Å². The molecule has 0 aromatic heterocycles. The number of benzene rings is 1. The van der Waals surface area contributed by atoms with Crippen LogP contribution >= 0.6 is 0 Å². The van der Waals surface area contributed by atoms with Crippen molar-refractivity contribution < 1.29 is 5.11 Å². The summed E-state index contributed by atoms with van der Waals surface area (Å²) in [5.74, 6) is 0.467. The quantitative estimate of drug-likeness (QED) is 0.734. The van der Waals surface area contributed by atoms with Crippen molar-refractivity contribution >= 4 is 0 Å².